The summed E-state index contributed by atoms with van der Waals surface area (Å²) in [6.07, 6.45) is 0.921. The van der Waals surface area contributed by atoms with E-state index < -0.39 is 10.0 Å². The second-order valence-corrected chi connectivity index (χ2v) is 8.12. The number of sulfonamides is 1. The molecule has 1 heterocycles. The molecule has 112 valence electrons. The SMILES string of the molecule is CCNCc1ccc(S(=O)(=O)N2CCC(C)(C)C2)cc1. The molecule has 1 fully saturated rings. The van der Waals surface area contributed by atoms with Gasteiger partial charge in [0.1, 0.15) is 0 Å². The van der Waals surface area contributed by atoms with Gasteiger partial charge in [-0.2, -0.15) is 4.31 Å². The van der Waals surface area contributed by atoms with E-state index in [4.69, 9.17) is 0 Å². The Morgan fingerprint density at radius 1 is 1.25 bits per heavy atom. The molecule has 1 aliphatic heterocycles. The van der Waals surface area contributed by atoms with Gasteiger partial charge in [0.15, 0.2) is 0 Å². The van der Waals surface area contributed by atoms with Gasteiger partial charge >= 0.3 is 0 Å². The normalized spacial score (nSPS) is 19.4. The first kappa shape index (κ1) is 15.5. The summed E-state index contributed by atoms with van der Waals surface area (Å²) < 4.78 is 26.7. The molecule has 1 aromatic rings. The third kappa shape index (κ3) is 3.40. The lowest BCUT2D eigenvalue weighted by molar-refractivity contribution is 0.375. The quantitative estimate of drug-likeness (QED) is 0.906. The molecule has 0 aromatic heterocycles. The van der Waals surface area contributed by atoms with Crippen LogP contribution in [0.4, 0.5) is 0 Å². The summed E-state index contributed by atoms with van der Waals surface area (Å²) >= 11 is 0. The molecule has 1 N–H and O–H groups in total. The molecule has 0 amide bonds. The maximum atomic E-state index is 12.6. The van der Waals surface area contributed by atoms with Crippen molar-refractivity contribution >= 4 is 10.0 Å². The molecule has 5 heteroatoms. The Bertz CT molecular complexity index is 550. The van der Waals surface area contributed by atoms with Crippen molar-refractivity contribution in [2.45, 2.75) is 38.6 Å². The van der Waals surface area contributed by atoms with Gasteiger partial charge in [0.25, 0.3) is 0 Å². The van der Waals surface area contributed by atoms with Gasteiger partial charge < -0.3 is 5.32 Å². The lowest BCUT2D eigenvalue weighted by Crippen LogP contribution is -2.30. The van der Waals surface area contributed by atoms with E-state index in [9.17, 15) is 8.42 Å². The van der Waals surface area contributed by atoms with Crippen molar-refractivity contribution in [1.29, 1.82) is 0 Å². The van der Waals surface area contributed by atoms with E-state index in [0.717, 1.165) is 25.1 Å². The number of benzene rings is 1. The van der Waals surface area contributed by atoms with Crippen molar-refractivity contribution in [3.63, 3.8) is 0 Å². The highest BCUT2D eigenvalue weighted by Gasteiger charge is 2.36. The van der Waals surface area contributed by atoms with Gasteiger partial charge in [0.2, 0.25) is 10.0 Å². The van der Waals surface area contributed by atoms with Crippen molar-refractivity contribution < 1.29 is 8.42 Å². The lowest BCUT2D eigenvalue weighted by atomic mass is 9.93. The Labute approximate surface area is 122 Å². The van der Waals surface area contributed by atoms with Crippen LogP contribution in [0.15, 0.2) is 29.2 Å². The molecule has 20 heavy (non-hydrogen) atoms. The number of hydrogen-bond donors (Lipinski definition) is 1. The largest absolute Gasteiger partial charge is 0.313 e. The van der Waals surface area contributed by atoms with E-state index in [1.807, 2.05) is 19.1 Å². The van der Waals surface area contributed by atoms with Crippen LogP contribution < -0.4 is 5.32 Å². The van der Waals surface area contributed by atoms with Gasteiger partial charge in [-0.25, -0.2) is 8.42 Å². The summed E-state index contributed by atoms with van der Waals surface area (Å²) in [4.78, 5) is 0.399. The Hall–Kier alpha value is -0.910. The molecule has 0 saturated carbocycles. The van der Waals surface area contributed by atoms with Crippen LogP contribution >= 0.6 is 0 Å². The van der Waals surface area contributed by atoms with Crippen LogP contribution in [0.1, 0.15) is 32.8 Å². The predicted molar refractivity (Wildman–Crippen MR) is 81.0 cm³/mol. The minimum absolute atomic E-state index is 0.0814. The number of hydrogen-bond acceptors (Lipinski definition) is 3. The summed E-state index contributed by atoms with van der Waals surface area (Å²) in [5, 5.41) is 3.23. The molecule has 1 aliphatic rings. The summed E-state index contributed by atoms with van der Waals surface area (Å²) in [6, 6.07) is 7.20. The lowest BCUT2D eigenvalue weighted by Gasteiger charge is -2.19. The molecule has 0 aliphatic carbocycles. The second kappa shape index (κ2) is 5.84. The van der Waals surface area contributed by atoms with Crippen LogP contribution in [-0.2, 0) is 16.6 Å². The summed E-state index contributed by atoms with van der Waals surface area (Å²) in [7, 11) is -3.33. The fourth-order valence-corrected chi connectivity index (χ4v) is 4.09. The Kier molecular flexibility index (Phi) is 4.52. The highest BCUT2D eigenvalue weighted by molar-refractivity contribution is 7.89. The zero-order valence-electron chi connectivity index (χ0n) is 12.5. The molecule has 0 radical (unpaired) electrons. The van der Waals surface area contributed by atoms with Gasteiger partial charge in [-0.15, -0.1) is 0 Å². The molecule has 0 bridgehead atoms. The van der Waals surface area contributed by atoms with Crippen LogP contribution in [0.5, 0.6) is 0 Å². The van der Waals surface area contributed by atoms with Crippen LogP contribution in [-0.4, -0.2) is 32.4 Å². The van der Waals surface area contributed by atoms with Crippen molar-refractivity contribution in [1.82, 2.24) is 9.62 Å². The minimum atomic E-state index is -3.33. The van der Waals surface area contributed by atoms with Gasteiger partial charge in [0, 0.05) is 19.6 Å². The summed E-state index contributed by atoms with van der Waals surface area (Å²) in [5.41, 5.74) is 1.19. The van der Waals surface area contributed by atoms with E-state index in [1.54, 1.807) is 16.4 Å². The highest BCUT2D eigenvalue weighted by atomic mass is 32.2. The third-order valence-electron chi connectivity index (χ3n) is 3.78. The first-order valence-corrected chi connectivity index (χ1v) is 8.59. The standard InChI is InChI=1S/C15H24N2O2S/c1-4-16-11-13-5-7-14(8-6-13)20(18,19)17-10-9-15(2,3)12-17/h5-8,16H,4,9-12H2,1-3H3. The van der Waals surface area contributed by atoms with Crippen LogP contribution in [0.25, 0.3) is 0 Å². The molecule has 2 rings (SSSR count). The summed E-state index contributed by atoms with van der Waals surface area (Å²) in [5.74, 6) is 0. The Morgan fingerprint density at radius 2 is 1.90 bits per heavy atom. The van der Waals surface area contributed by atoms with Crippen LogP contribution in [0.2, 0.25) is 0 Å². The predicted octanol–water partition coefficient (Wildman–Crippen LogP) is 2.22. The maximum Gasteiger partial charge on any atom is 0.243 e. The van der Waals surface area contributed by atoms with E-state index in [0.29, 0.717) is 18.0 Å². The third-order valence-corrected chi connectivity index (χ3v) is 5.64. The molecular formula is C15H24N2O2S. The van der Waals surface area contributed by atoms with E-state index in [2.05, 4.69) is 19.2 Å². The molecular weight excluding hydrogens is 272 g/mol. The highest BCUT2D eigenvalue weighted by Crippen LogP contribution is 2.32. The van der Waals surface area contributed by atoms with Gasteiger partial charge in [-0.1, -0.05) is 32.9 Å². The number of nitrogens with zero attached hydrogens (tertiary/aromatic N) is 1. The van der Waals surface area contributed by atoms with Gasteiger partial charge in [-0.3, -0.25) is 0 Å². The zero-order chi connectivity index (χ0) is 14.8. The van der Waals surface area contributed by atoms with Crippen LogP contribution in [0.3, 0.4) is 0 Å². The van der Waals surface area contributed by atoms with Crippen molar-refractivity contribution in [3.05, 3.63) is 29.8 Å². The van der Waals surface area contributed by atoms with Crippen LogP contribution in [0, 0.1) is 5.41 Å². The first-order chi connectivity index (χ1) is 9.35. The fraction of sp³-hybridized carbons (Fsp3) is 0.600. The van der Waals surface area contributed by atoms with Crippen molar-refractivity contribution in [2.75, 3.05) is 19.6 Å². The molecule has 0 unspecified atom stereocenters. The smallest absolute Gasteiger partial charge is 0.243 e. The van der Waals surface area contributed by atoms with Gasteiger partial charge in [0.05, 0.1) is 4.90 Å². The van der Waals surface area contributed by atoms with E-state index in [1.165, 1.54) is 0 Å². The second-order valence-electron chi connectivity index (χ2n) is 6.18. The average molecular weight is 296 g/mol. The maximum absolute atomic E-state index is 12.6. The molecule has 0 atom stereocenters. The van der Waals surface area contributed by atoms with E-state index in [-0.39, 0.29) is 5.41 Å². The number of nitrogens with one attached hydrogen (secondary N) is 1. The topological polar surface area (TPSA) is 49.4 Å². The molecule has 1 aromatic carbocycles. The summed E-state index contributed by atoms with van der Waals surface area (Å²) in [6.45, 7) is 9.18. The Balaban J connectivity index is 2.14. The fourth-order valence-electron chi connectivity index (χ4n) is 2.47. The minimum Gasteiger partial charge on any atom is -0.313 e. The molecule has 4 nitrogen and oxygen atoms in total. The van der Waals surface area contributed by atoms with Crippen molar-refractivity contribution in [2.24, 2.45) is 5.41 Å². The van der Waals surface area contributed by atoms with Gasteiger partial charge in [-0.05, 0) is 36.1 Å². The monoisotopic (exact) mass is 296 g/mol. The first-order valence-electron chi connectivity index (χ1n) is 7.15. The number of rotatable bonds is 5. The average Bonchev–Trinajstić information content (AvgIpc) is 2.78. The van der Waals surface area contributed by atoms with Crippen molar-refractivity contribution in [3.8, 4) is 0 Å². The molecule has 1 saturated heterocycles. The van der Waals surface area contributed by atoms with E-state index >= 15 is 0 Å². The zero-order valence-corrected chi connectivity index (χ0v) is 13.3. The molecule has 0 spiro atoms. The Morgan fingerprint density at radius 3 is 2.40 bits per heavy atom.